The smallest absolute Gasteiger partial charge is 0.253 e. The van der Waals surface area contributed by atoms with Gasteiger partial charge in [0, 0.05) is 38.3 Å². The van der Waals surface area contributed by atoms with Gasteiger partial charge in [0.2, 0.25) is 0 Å². The molecule has 3 aromatic heterocycles. The van der Waals surface area contributed by atoms with Crippen molar-refractivity contribution in [3.8, 4) is 0 Å². The van der Waals surface area contributed by atoms with Crippen molar-refractivity contribution in [3.05, 3.63) is 54.2 Å². The average molecular weight is 407 g/mol. The van der Waals surface area contributed by atoms with Crippen molar-refractivity contribution in [3.63, 3.8) is 0 Å². The number of aromatic nitrogens is 4. The molecule has 2 saturated heterocycles. The predicted molar refractivity (Wildman–Crippen MR) is 110 cm³/mol. The molecule has 2 aliphatic heterocycles. The fourth-order valence-electron chi connectivity index (χ4n) is 4.37. The number of amides is 1. The van der Waals surface area contributed by atoms with Crippen LogP contribution in [0.3, 0.4) is 0 Å². The largest absolute Gasteiger partial charge is 0.381 e. The van der Waals surface area contributed by atoms with Crippen molar-refractivity contribution < 1.29 is 14.3 Å². The van der Waals surface area contributed by atoms with E-state index in [9.17, 15) is 4.79 Å². The Kier molecular flexibility index (Phi) is 5.18. The Morgan fingerprint density at radius 3 is 2.93 bits per heavy atom. The van der Waals surface area contributed by atoms with Crippen molar-refractivity contribution in [2.24, 2.45) is 0 Å². The van der Waals surface area contributed by atoms with E-state index in [2.05, 4.69) is 20.3 Å². The normalized spacial score (nSPS) is 21.0. The summed E-state index contributed by atoms with van der Waals surface area (Å²) in [6, 6.07) is 7.71. The van der Waals surface area contributed by atoms with Crippen LogP contribution in [-0.4, -0.2) is 56.9 Å². The van der Waals surface area contributed by atoms with E-state index >= 15 is 0 Å². The van der Waals surface area contributed by atoms with Crippen molar-refractivity contribution in [2.75, 3.05) is 19.8 Å². The van der Waals surface area contributed by atoms with Gasteiger partial charge in [-0.25, -0.2) is 9.97 Å². The summed E-state index contributed by atoms with van der Waals surface area (Å²) in [5.41, 5.74) is 2.75. The number of ether oxygens (including phenoxy) is 2. The lowest BCUT2D eigenvalue weighted by Gasteiger charge is -2.43. The molecular weight excluding hydrogens is 382 g/mol. The fraction of sp³-hybridized carbons (Fsp3) is 0.455. The highest BCUT2D eigenvalue weighted by Gasteiger charge is 2.39. The number of nitrogens with one attached hydrogen (secondary N) is 1. The molecule has 0 saturated carbocycles. The maximum Gasteiger partial charge on any atom is 0.253 e. The minimum atomic E-state index is -0.152. The zero-order valence-electron chi connectivity index (χ0n) is 16.8. The number of imidazole rings is 1. The minimum absolute atomic E-state index is 0.0989. The summed E-state index contributed by atoms with van der Waals surface area (Å²) in [6.07, 6.45) is 8.56. The van der Waals surface area contributed by atoms with E-state index in [1.165, 1.54) is 0 Å². The Bertz CT molecular complexity index is 1020. The van der Waals surface area contributed by atoms with E-state index in [1.807, 2.05) is 22.8 Å². The summed E-state index contributed by atoms with van der Waals surface area (Å²) in [6.45, 7) is 2.70. The molecule has 1 atom stereocenters. The number of nitrogens with zero attached hydrogens (tertiary/aromatic N) is 4. The second-order valence-electron chi connectivity index (χ2n) is 8.07. The lowest BCUT2D eigenvalue weighted by Crippen LogP contribution is -2.51. The number of carbonyl (C=O) groups excluding carboxylic acids is 1. The third-order valence-corrected chi connectivity index (χ3v) is 6.01. The Balaban J connectivity index is 1.28. The summed E-state index contributed by atoms with van der Waals surface area (Å²) in [7, 11) is 0. The van der Waals surface area contributed by atoms with E-state index in [4.69, 9.17) is 9.47 Å². The van der Waals surface area contributed by atoms with Crippen LogP contribution in [0.25, 0.3) is 11.2 Å². The predicted octanol–water partition coefficient (Wildman–Crippen LogP) is 2.33. The number of fused-ring (bicyclic) bond motifs is 1. The molecule has 0 bridgehead atoms. The lowest BCUT2D eigenvalue weighted by molar-refractivity contribution is -0.139. The van der Waals surface area contributed by atoms with Crippen molar-refractivity contribution in [2.45, 2.75) is 43.9 Å². The van der Waals surface area contributed by atoms with E-state index in [-0.39, 0.29) is 17.6 Å². The number of carbonyl (C=O) groups is 1. The highest BCUT2D eigenvalue weighted by atomic mass is 16.5. The van der Waals surface area contributed by atoms with Crippen molar-refractivity contribution in [1.29, 1.82) is 0 Å². The molecule has 1 spiro atoms. The minimum Gasteiger partial charge on any atom is -0.381 e. The number of hydrogen-bond acceptors (Lipinski definition) is 6. The molecule has 156 valence electrons. The van der Waals surface area contributed by atoms with Gasteiger partial charge in [0.1, 0.15) is 5.52 Å². The first-order chi connectivity index (χ1) is 14.7. The molecule has 2 aliphatic rings. The molecule has 0 aliphatic carbocycles. The first-order valence-corrected chi connectivity index (χ1v) is 10.4. The molecule has 5 heterocycles. The highest BCUT2D eigenvalue weighted by Crippen LogP contribution is 2.34. The summed E-state index contributed by atoms with van der Waals surface area (Å²) < 4.78 is 13.5. The SMILES string of the molecule is O=C(NC1CCOC2(CCOCC2)C1)c1cnc2c(c1)ncn2Cc1ccccn1. The second kappa shape index (κ2) is 8.12. The topological polar surface area (TPSA) is 91.2 Å². The Labute approximate surface area is 174 Å². The molecule has 2 fully saturated rings. The van der Waals surface area contributed by atoms with E-state index < -0.39 is 0 Å². The van der Waals surface area contributed by atoms with Crippen LogP contribution in [0.4, 0.5) is 0 Å². The molecule has 8 heteroatoms. The quantitative estimate of drug-likeness (QED) is 0.714. The standard InChI is InChI=1S/C22H25N5O3/c28-21(26-17-4-8-30-22(12-17)5-9-29-10-6-22)16-11-19-20(24-13-16)27(15-25-19)14-18-3-1-2-7-23-18/h1-3,7,11,13,15,17H,4-6,8-10,12,14H2,(H,26,28). The van der Waals surface area contributed by atoms with E-state index in [0.717, 1.165) is 50.2 Å². The maximum atomic E-state index is 12.9. The van der Waals surface area contributed by atoms with Gasteiger partial charge < -0.3 is 19.4 Å². The van der Waals surface area contributed by atoms with Crippen LogP contribution in [0.15, 0.2) is 43.0 Å². The molecule has 5 rings (SSSR count). The highest BCUT2D eigenvalue weighted by molar-refractivity contribution is 5.96. The van der Waals surface area contributed by atoms with Gasteiger partial charge in [-0.1, -0.05) is 6.07 Å². The Morgan fingerprint density at radius 1 is 1.20 bits per heavy atom. The van der Waals surface area contributed by atoms with Crippen LogP contribution in [0.5, 0.6) is 0 Å². The second-order valence-corrected chi connectivity index (χ2v) is 8.07. The zero-order valence-corrected chi connectivity index (χ0v) is 16.8. The molecule has 1 N–H and O–H groups in total. The van der Waals surface area contributed by atoms with Gasteiger partial charge >= 0.3 is 0 Å². The third-order valence-electron chi connectivity index (χ3n) is 6.01. The fourth-order valence-corrected chi connectivity index (χ4v) is 4.37. The first-order valence-electron chi connectivity index (χ1n) is 10.4. The maximum absolute atomic E-state index is 12.9. The van der Waals surface area contributed by atoms with Crippen LogP contribution >= 0.6 is 0 Å². The molecule has 30 heavy (non-hydrogen) atoms. The zero-order chi connectivity index (χ0) is 20.4. The summed E-state index contributed by atoms with van der Waals surface area (Å²) >= 11 is 0. The van der Waals surface area contributed by atoms with Crippen LogP contribution in [0, 0.1) is 0 Å². The number of rotatable bonds is 4. The van der Waals surface area contributed by atoms with Crippen molar-refractivity contribution >= 4 is 17.1 Å². The van der Waals surface area contributed by atoms with Gasteiger partial charge in [0.25, 0.3) is 5.91 Å². The number of pyridine rings is 2. The van der Waals surface area contributed by atoms with E-state index in [0.29, 0.717) is 24.2 Å². The van der Waals surface area contributed by atoms with E-state index in [1.54, 1.807) is 24.8 Å². The third kappa shape index (κ3) is 3.93. The molecule has 1 unspecified atom stereocenters. The average Bonchev–Trinajstić information content (AvgIpc) is 3.17. The molecular formula is C22H25N5O3. The van der Waals surface area contributed by atoms with Gasteiger partial charge in [0.05, 0.1) is 29.7 Å². The molecule has 0 radical (unpaired) electrons. The van der Waals surface area contributed by atoms with Gasteiger partial charge in [-0.05, 0) is 43.9 Å². The van der Waals surface area contributed by atoms with Crippen LogP contribution < -0.4 is 5.32 Å². The molecule has 3 aromatic rings. The monoisotopic (exact) mass is 407 g/mol. The number of hydrogen-bond donors (Lipinski definition) is 1. The van der Waals surface area contributed by atoms with Gasteiger partial charge in [-0.2, -0.15) is 0 Å². The van der Waals surface area contributed by atoms with Crippen LogP contribution in [0.1, 0.15) is 41.7 Å². The summed E-state index contributed by atoms with van der Waals surface area (Å²) in [4.78, 5) is 26.2. The van der Waals surface area contributed by atoms with Gasteiger partial charge in [-0.3, -0.25) is 9.78 Å². The lowest BCUT2D eigenvalue weighted by atomic mass is 9.84. The van der Waals surface area contributed by atoms with Crippen LogP contribution in [0.2, 0.25) is 0 Å². The Hall–Kier alpha value is -2.84. The summed E-state index contributed by atoms with van der Waals surface area (Å²) in [5.74, 6) is -0.113. The molecule has 8 nitrogen and oxygen atoms in total. The molecule has 1 amide bonds. The van der Waals surface area contributed by atoms with Gasteiger partial charge in [-0.15, -0.1) is 0 Å². The molecule has 0 aromatic carbocycles. The van der Waals surface area contributed by atoms with Crippen LogP contribution in [-0.2, 0) is 16.0 Å². The summed E-state index contributed by atoms with van der Waals surface area (Å²) in [5, 5.41) is 3.17. The first kappa shape index (κ1) is 19.1. The Morgan fingerprint density at radius 2 is 2.10 bits per heavy atom. The van der Waals surface area contributed by atoms with Crippen molar-refractivity contribution in [1.82, 2.24) is 24.8 Å². The van der Waals surface area contributed by atoms with Gasteiger partial charge in [0.15, 0.2) is 5.65 Å².